The first-order valence-corrected chi connectivity index (χ1v) is 7.38. The molecule has 1 atom stereocenters. The summed E-state index contributed by atoms with van der Waals surface area (Å²) in [6, 6.07) is -0.973. The number of hydrogen-bond donors (Lipinski definition) is 2. The average molecular weight is 316 g/mol. The second-order valence-corrected chi connectivity index (χ2v) is 5.21. The Hall–Kier alpha value is -1.67. The van der Waals surface area contributed by atoms with Crippen LogP contribution in [0.1, 0.15) is 26.7 Å². The number of carbonyl (C=O) groups excluding carboxylic acids is 2. The lowest BCUT2D eigenvalue weighted by atomic mass is 10.1. The minimum Gasteiger partial charge on any atom is -0.480 e. The summed E-state index contributed by atoms with van der Waals surface area (Å²) in [5, 5.41) is 11.6. The van der Waals surface area contributed by atoms with E-state index in [1.54, 1.807) is 0 Å². The number of amides is 2. The van der Waals surface area contributed by atoms with E-state index < -0.39 is 17.9 Å². The molecule has 126 valence electrons. The molecule has 1 heterocycles. The van der Waals surface area contributed by atoms with E-state index in [1.807, 2.05) is 0 Å². The van der Waals surface area contributed by atoms with Crippen molar-refractivity contribution in [1.29, 1.82) is 0 Å². The molecule has 1 aliphatic heterocycles. The summed E-state index contributed by atoms with van der Waals surface area (Å²) in [5.41, 5.74) is 0. The van der Waals surface area contributed by atoms with Gasteiger partial charge < -0.3 is 24.8 Å². The second-order valence-electron chi connectivity index (χ2n) is 5.21. The minimum absolute atomic E-state index is 0.0324. The van der Waals surface area contributed by atoms with Crippen LogP contribution < -0.4 is 5.32 Å². The molecule has 0 aromatic rings. The summed E-state index contributed by atoms with van der Waals surface area (Å²) in [4.78, 5) is 35.4. The molecule has 1 fully saturated rings. The first-order chi connectivity index (χ1) is 10.4. The number of hydrogen-bond acceptors (Lipinski definition) is 5. The Balaban J connectivity index is 2.50. The molecule has 22 heavy (non-hydrogen) atoms. The molecule has 0 aromatic carbocycles. The van der Waals surface area contributed by atoms with E-state index in [2.05, 4.69) is 5.32 Å². The maximum Gasteiger partial charge on any atom is 0.326 e. The predicted molar refractivity (Wildman–Crippen MR) is 77.3 cm³/mol. The second kappa shape index (κ2) is 9.37. The van der Waals surface area contributed by atoms with Crippen molar-refractivity contribution in [1.82, 2.24) is 10.2 Å². The molecule has 2 N–H and O–H groups in total. The summed E-state index contributed by atoms with van der Waals surface area (Å²) < 4.78 is 10.7. The minimum atomic E-state index is -1.10. The Morgan fingerprint density at radius 2 is 2.00 bits per heavy atom. The van der Waals surface area contributed by atoms with Crippen molar-refractivity contribution >= 4 is 17.8 Å². The molecule has 1 saturated heterocycles. The lowest BCUT2D eigenvalue weighted by Crippen LogP contribution is -2.48. The molecular weight excluding hydrogens is 292 g/mol. The molecule has 1 rings (SSSR count). The fourth-order valence-corrected chi connectivity index (χ4v) is 2.13. The lowest BCUT2D eigenvalue weighted by molar-refractivity contribution is -0.153. The number of carboxylic acids is 1. The van der Waals surface area contributed by atoms with E-state index in [0.717, 1.165) is 12.8 Å². The monoisotopic (exact) mass is 316 g/mol. The molecule has 0 radical (unpaired) electrons. The number of carboxylic acid groups (broad SMARTS) is 1. The quantitative estimate of drug-likeness (QED) is 0.632. The van der Waals surface area contributed by atoms with E-state index in [0.29, 0.717) is 13.2 Å². The van der Waals surface area contributed by atoms with Crippen LogP contribution in [0.5, 0.6) is 0 Å². The number of carbonyl (C=O) groups is 3. The molecule has 0 spiro atoms. The Bertz CT molecular complexity index is 395. The molecule has 0 aromatic heterocycles. The normalized spacial score (nSPS) is 16.8. The first-order valence-electron chi connectivity index (χ1n) is 7.38. The van der Waals surface area contributed by atoms with Crippen LogP contribution in [-0.2, 0) is 23.9 Å². The highest BCUT2D eigenvalue weighted by molar-refractivity contribution is 5.84. The zero-order valence-electron chi connectivity index (χ0n) is 13.0. The first kappa shape index (κ1) is 18.4. The Kier molecular flexibility index (Phi) is 7.83. The molecule has 8 heteroatoms. The number of rotatable bonds is 8. The topological polar surface area (TPSA) is 105 Å². The number of nitrogens with zero attached hydrogens (tertiary/aromatic N) is 1. The van der Waals surface area contributed by atoms with Crippen LogP contribution in [0.2, 0.25) is 0 Å². The van der Waals surface area contributed by atoms with Gasteiger partial charge in [-0.05, 0) is 19.8 Å². The van der Waals surface area contributed by atoms with Crippen molar-refractivity contribution in [3.8, 4) is 0 Å². The summed E-state index contributed by atoms with van der Waals surface area (Å²) in [5.74, 6) is -1.72. The fourth-order valence-electron chi connectivity index (χ4n) is 2.13. The number of aliphatic carboxylic acids is 1. The zero-order valence-corrected chi connectivity index (χ0v) is 13.0. The number of nitrogens with one attached hydrogen (secondary N) is 1. The molecule has 2 amide bonds. The van der Waals surface area contributed by atoms with Gasteiger partial charge in [-0.3, -0.25) is 9.59 Å². The number of ether oxygens (including phenoxy) is 2. The summed E-state index contributed by atoms with van der Waals surface area (Å²) in [6.07, 6.45) is 1.43. The SMILES string of the molecule is CC(=O)NCCN(C(=O)COC1CCOCC1)C(C)C(=O)O. The molecule has 0 bridgehead atoms. The van der Waals surface area contributed by atoms with Crippen molar-refractivity contribution in [3.05, 3.63) is 0 Å². The van der Waals surface area contributed by atoms with Crippen LogP contribution in [0, 0.1) is 0 Å². The molecular formula is C14H24N2O6. The molecule has 1 aliphatic rings. The lowest BCUT2D eigenvalue weighted by Gasteiger charge is -2.28. The third kappa shape index (κ3) is 6.40. The van der Waals surface area contributed by atoms with E-state index >= 15 is 0 Å². The van der Waals surface area contributed by atoms with Gasteiger partial charge in [0.15, 0.2) is 0 Å². The van der Waals surface area contributed by atoms with Gasteiger partial charge in [-0.2, -0.15) is 0 Å². The van der Waals surface area contributed by atoms with E-state index in [9.17, 15) is 14.4 Å². The van der Waals surface area contributed by atoms with Crippen molar-refractivity contribution in [3.63, 3.8) is 0 Å². The van der Waals surface area contributed by atoms with Gasteiger partial charge in [-0.15, -0.1) is 0 Å². The summed E-state index contributed by atoms with van der Waals surface area (Å²) in [7, 11) is 0. The fraction of sp³-hybridized carbons (Fsp3) is 0.786. The maximum atomic E-state index is 12.2. The third-order valence-corrected chi connectivity index (χ3v) is 3.48. The Labute approximate surface area is 129 Å². The average Bonchev–Trinajstić information content (AvgIpc) is 2.49. The van der Waals surface area contributed by atoms with Crippen molar-refractivity contribution in [2.75, 3.05) is 32.9 Å². The van der Waals surface area contributed by atoms with Crippen LogP contribution >= 0.6 is 0 Å². The van der Waals surface area contributed by atoms with Gasteiger partial charge in [0.1, 0.15) is 12.6 Å². The van der Waals surface area contributed by atoms with Gasteiger partial charge in [0.05, 0.1) is 6.10 Å². The smallest absolute Gasteiger partial charge is 0.326 e. The highest BCUT2D eigenvalue weighted by Crippen LogP contribution is 2.11. The Morgan fingerprint density at radius 1 is 1.36 bits per heavy atom. The highest BCUT2D eigenvalue weighted by Gasteiger charge is 2.26. The highest BCUT2D eigenvalue weighted by atomic mass is 16.5. The van der Waals surface area contributed by atoms with Crippen LogP contribution in [0.25, 0.3) is 0 Å². The van der Waals surface area contributed by atoms with E-state index in [-0.39, 0.29) is 31.7 Å². The predicted octanol–water partition coefficient (Wildman–Crippen LogP) is -0.380. The molecule has 1 unspecified atom stereocenters. The summed E-state index contributed by atoms with van der Waals surface area (Å²) in [6.45, 7) is 4.18. The molecule has 0 saturated carbocycles. The van der Waals surface area contributed by atoms with Crippen molar-refractivity contribution in [2.45, 2.75) is 38.8 Å². The molecule has 0 aliphatic carbocycles. The van der Waals surface area contributed by atoms with Crippen LogP contribution in [0.3, 0.4) is 0 Å². The van der Waals surface area contributed by atoms with Crippen LogP contribution in [0.15, 0.2) is 0 Å². The van der Waals surface area contributed by atoms with Crippen molar-refractivity contribution < 1.29 is 29.0 Å². The van der Waals surface area contributed by atoms with Gasteiger partial charge in [-0.25, -0.2) is 4.79 Å². The third-order valence-electron chi connectivity index (χ3n) is 3.48. The van der Waals surface area contributed by atoms with E-state index in [4.69, 9.17) is 14.6 Å². The standard InChI is InChI=1S/C14H24N2O6/c1-10(14(19)20)16(6-5-15-11(2)17)13(18)9-22-12-3-7-21-8-4-12/h10,12H,3-9H2,1-2H3,(H,15,17)(H,19,20). The van der Waals surface area contributed by atoms with Gasteiger partial charge >= 0.3 is 5.97 Å². The van der Waals surface area contributed by atoms with Gasteiger partial charge in [0.2, 0.25) is 11.8 Å². The van der Waals surface area contributed by atoms with Crippen LogP contribution in [0.4, 0.5) is 0 Å². The van der Waals surface area contributed by atoms with E-state index in [1.165, 1.54) is 18.7 Å². The Morgan fingerprint density at radius 3 is 2.55 bits per heavy atom. The summed E-state index contributed by atoms with van der Waals surface area (Å²) >= 11 is 0. The van der Waals surface area contributed by atoms with Crippen LogP contribution in [-0.4, -0.2) is 72.8 Å². The van der Waals surface area contributed by atoms with Gasteiger partial charge in [0, 0.05) is 33.2 Å². The molecule has 8 nitrogen and oxygen atoms in total. The largest absolute Gasteiger partial charge is 0.480 e. The van der Waals surface area contributed by atoms with Crippen molar-refractivity contribution in [2.24, 2.45) is 0 Å². The van der Waals surface area contributed by atoms with Gasteiger partial charge in [0.25, 0.3) is 0 Å². The maximum absolute atomic E-state index is 12.2. The van der Waals surface area contributed by atoms with Gasteiger partial charge in [-0.1, -0.05) is 0 Å². The zero-order chi connectivity index (χ0) is 16.5.